The second kappa shape index (κ2) is 7.58. The maximum absolute atomic E-state index is 5.24. The van der Waals surface area contributed by atoms with Crippen LogP contribution in [0.5, 0.6) is 5.75 Å². The minimum absolute atomic E-state index is 0.793. The van der Waals surface area contributed by atoms with Crippen molar-refractivity contribution in [3.05, 3.63) is 54.1 Å². The summed E-state index contributed by atoms with van der Waals surface area (Å²) in [6.07, 6.45) is 0. The molecule has 0 radical (unpaired) electrons. The van der Waals surface area contributed by atoms with Gasteiger partial charge in [0.15, 0.2) is 0 Å². The molecule has 0 spiro atoms. The molecule has 0 unspecified atom stereocenters. The van der Waals surface area contributed by atoms with Crippen molar-refractivity contribution in [2.24, 2.45) is 0 Å². The Kier molecular flexibility index (Phi) is 5.50. The lowest BCUT2D eigenvalue weighted by atomic mass is 10.2. The molecule has 21 heavy (non-hydrogen) atoms. The van der Waals surface area contributed by atoms with Crippen LogP contribution in [0, 0.1) is 0 Å². The Bertz CT molecular complexity index is 547. The zero-order valence-corrected chi connectivity index (χ0v) is 13.1. The Hall–Kier alpha value is -2.16. The lowest BCUT2D eigenvalue weighted by Crippen LogP contribution is -2.21. The highest BCUT2D eigenvalue weighted by molar-refractivity contribution is 5.55. The fraction of sp³-hybridized carbons (Fsp3) is 0.333. The van der Waals surface area contributed by atoms with E-state index in [0.717, 1.165) is 31.1 Å². The molecule has 0 amide bonds. The second-order valence-electron chi connectivity index (χ2n) is 4.92. The number of anilines is 2. The Morgan fingerprint density at radius 3 is 2.33 bits per heavy atom. The highest BCUT2D eigenvalue weighted by Crippen LogP contribution is 2.19. The van der Waals surface area contributed by atoms with Crippen LogP contribution in [-0.4, -0.2) is 20.2 Å². The van der Waals surface area contributed by atoms with E-state index >= 15 is 0 Å². The molecule has 0 saturated carbocycles. The Labute approximate surface area is 127 Å². The second-order valence-corrected chi connectivity index (χ2v) is 4.92. The zero-order chi connectivity index (χ0) is 15.1. The maximum atomic E-state index is 5.24. The summed E-state index contributed by atoms with van der Waals surface area (Å²) in [5.41, 5.74) is 3.61. The van der Waals surface area contributed by atoms with Gasteiger partial charge in [0.2, 0.25) is 0 Å². The van der Waals surface area contributed by atoms with E-state index in [0.29, 0.717) is 0 Å². The monoisotopic (exact) mass is 284 g/mol. The van der Waals surface area contributed by atoms with Gasteiger partial charge in [-0.2, -0.15) is 0 Å². The van der Waals surface area contributed by atoms with Crippen molar-refractivity contribution in [3.8, 4) is 5.75 Å². The molecule has 0 fully saturated rings. The third-order valence-electron chi connectivity index (χ3n) is 3.63. The molecule has 0 saturated heterocycles. The highest BCUT2D eigenvalue weighted by atomic mass is 16.5. The van der Waals surface area contributed by atoms with Gasteiger partial charge in [0.25, 0.3) is 0 Å². The number of hydrogen-bond donors (Lipinski definition) is 1. The van der Waals surface area contributed by atoms with Gasteiger partial charge in [-0.05, 0) is 55.8 Å². The van der Waals surface area contributed by atoms with Gasteiger partial charge < -0.3 is 15.0 Å². The smallest absolute Gasteiger partial charge is 0.119 e. The van der Waals surface area contributed by atoms with Crippen molar-refractivity contribution in [1.29, 1.82) is 0 Å². The van der Waals surface area contributed by atoms with Gasteiger partial charge in [-0.25, -0.2) is 0 Å². The van der Waals surface area contributed by atoms with Gasteiger partial charge in [0, 0.05) is 31.0 Å². The van der Waals surface area contributed by atoms with E-state index in [1.807, 2.05) is 12.1 Å². The summed E-state index contributed by atoms with van der Waals surface area (Å²) < 4.78 is 5.24. The van der Waals surface area contributed by atoms with E-state index in [2.05, 4.69) is 60.5 Å². The van der Waals surface area contributed by atoms with Crippen LogP contribution in [0.3, 0.4) is 0 Å². The van der Waals surface area contributed by atoms with E-state index in [4.69, 9.17) is 4.74 Å². The molecule has 0 bridgehead atoms. The van der Waals surface area contributed by atoms with Crippen molar-refractivity contribution in [1.82, 2.24) is 0 Å². The Balaban J connectivity index is 1.97. The molecule has 2 aromatic carbocycles. The fourth-order valence-corrected chi connectivity index (χ4v) is 2.37. The molecule has 0 aliphatic rings. The van der Waals surface area contributed by atoms with E-state index in [1.54, 1.807) is 7.11 Å². The average molecular weight is 284 g/mol. The van der Waals surface area contributed by atoms with Gasteiger partial charge in [-0.1, -0.05) is 12.1 Å². The molecule has 3 nitrogen and oxygen atoms in total. The third-order valence-corrected chi connectivity index (χ3v) is 3.63. The van der Waals surface area contributed by atoms with Gasteiger partial charge in [-0.15, -0.1) is 0 Å². The summed E-state index contributed by atoms with van der Waals surface area (Å²) in [4.78, 5) is 2.34. The Morgan fingerprint density at radius 2 is 1.71 bits per heavy atom. The number of methoxy groups -OCH3 is 1. The van der Waals surface area contributed by atoms with E-state index in [-0.39, 0.29) is 0 Å². The van der Waals surface area contributed by atoms with E-state index in [1.165, 1.54) is 11.3 Å². The summed E-state index contributed by atoms with van der Waals surface area (Å²) in [6.45, 7) is 7.22. The molecule has 2 aromatic rings. The average Bonchev–Trinajstić information content (AvgIpc) is 2.55. The predicted molar refractivity (Wildman–Crippen MR) is 90.3 cm³/mol. The van der Waals surface area contributed by atoms with Crippen molar-refractivity contribution in [2.75, 3.05) is 30.4 Å². The molecule has 0 aromatic heterocycles. The Morgan fingerprint density at radius 1 is 1.00 bits per heavy atom. The lowest BCUT2D eigenvalue weighted by Gasteiger charge is -2.21. The SMILES string of the molecule is CCN(CC)c1ccc(NCc2cccc(OC)c2)cc1. The van der Waals surface area contributed by atoms with Gasteiger partial charge in [0.05, 0.1) is 7.11 Å². The van der Waals surface area contributed by atoms with Gasteiger partial charge in [0.1, 0.15) is 5.75 Å². The first-order chi connectivity index (χ1) is 10.3. The highest BCUT2D eigenvalue weighted by Gasteiger charge is 2.01. The van der Waals surface area contributed by atoms with Crippen LogP contribution < -0.4 is 15.0 Å². The summed E-state index contributed by atoms with van der Waals surface area (Å²) in [5, 5.41) is 3.44. The molecule has 2 rings (SSSR count). The summed E-state index contributed by atoms with van der Waals surface area (Å²) in [6, 6.07) is 16.7. The third kappa shape index (κ3) is 4.15. The molecule has 1 N–H and O–H groups in total. The van der Waals surface area contributed by atoms with E-state index in [9.17, 15) is 0 Å². The van der Waals surface area contributed by atoms with Gasteiger partial charge >= 0.3 is 0 Å². The summed E-state index contributed by atoms with van der Waals surface area (Å²) >= 11 is 0. The molecular weight excluding hydrogens is 260 g/mol. The first kappa shape index (κ1) is 15.2. The minimum atomic E-state index is 0.793. The molecule has 0 aliphatic heterocycles. The minimum Gasteiger partial charge on any atom is -0.497 e. The molecule has 0 atom stereocenters. The lowest BCUT2D eigenvalue weighted by molar-refractivity contribution is 0.414. The predicted octanol–water partition coefficient (Wildman–Crippen LogP) is 4.15. The largest absolute Gasteiger partial charge is 0.497 e. The molecule has 112 valence electrons. The standard InChI is InChI=1S/C18H24N2O/c1-4-20(5-2)17-11-9-16(10-12-17)19-14-15-7-6-8-18(13-15)21-3/h6-13,19H,4-5,14H2,1-3H3. The van der Waals surface area contributed by atoms with Crippen molar-refractivity contribution in [2.45, 2.75) is 20.4 Å². The normalized spacial score (nSPS) is 10.2. The summed E-state index contributed by atoms with van der Waals surface area (Å²) in [5.74, 6) is 0.895. The number of ether oxygens (including phenoxy) is 1. The van der Waals surface area contributed by atoms with Crippen LogP contribution in [0.2, 0.25) is 0 Å². The van der Waals surface area contributed by atoms with Gasteiger partial charge in [-0.3, -0.25) is 0 Å². The number of benzene rings is 2. The fourth-order valence-electron chi connectivity index (χ4n) is 2.37. The zero-order valence-electron chi connectivity index (χ0n) is 13.1. The molecular formula is C18H24N2O. The van der Waals surface area contributed by atoms with Crippen LogP contribution in [0.15, 0.2) is 48.5 Å². The molecule has 0 aliphatic carbocycles. The quantitative estimate of drug-likeness (QED) is 0.826. The van der Waals surface area contributed by atoms with Crippen molar-refractivity contribution in [3.63, 3.8) is 0 Å². The van der Waals surface area contributed by atoms with E-state index < -0.39 is 0 Å². The topological polar surface area (TPSA) is 24.5 Å². The first-order valence-corrected chi connectivity index (χ1v) is 7.48. The van der Waals surface area contributed by atoms with Crippen molar-refractivity contribution < 1.29 is 4.74 Å². The number of rotatable bonds is 7. The van der Waals surface area contributed by atoms with Crippen LogP contribution in [0.4, 0.5) is 11.4 Å². The van der Waals surface area contributed by atoms with Crippen LogP contribution in [0.25, 0.3) is 0 Å². The van der Waals surface area contributed by atoms with Crippen LogP contribution >= 0.6 is 0 Å². The number of hydrogen-bond acceptors (Lipinski definition) is 3. The first-order valence-electron chi connectivity index (χ1n) is 7.48. The number of nitrogens with zero attached hydrogens (tertiary/aromatic N) is 1. The molecule has 0 heterocycles. The maximum Gasteiger partial charge on any atom is 0.119 e. The van der Waals surface area contributed by atoms with Crippen molar-refractivity contribution >= 4 is 11.4 Å². The number of nitrogens with one attached hydrogen (secondary N) is 1. The summed E-state index contributed by atoms with van der Waals surface area (Å²) in [7, 11) is 1.69. The van der Waals surface area contributed by atoms with Crippen LogP contribution in [-0.2, 0) is 6.54 Å². The molecule has 3 heteroatoms. The van der Waals surface area contributed by atoms with Crippen LogP contribution in [0.1, 0.15) is 19.4 Å².